The Bertz CT molecular complexity index is 1260. The molecule has 3 aromatic carbocycles. The van der Waals surface area contributed by atoms with E-state index in [1.807, 2.05) is 66.1 Å². The van der Waals surface area contributed by atoms with E-state index in [-0.39, 0.29) is 5.97 Å². The number of pyridine rings is 1. The van der Waals surface area contributed by atoms with Crippen LogP contribution in [0.4, 0.5) is 17.3 Å². The van der Waals surface area contributed by atoms with Crippen LogP contribution in [-0.2, 0) is 4.74 Å². The normalized spacial score (nSPS) is 10.8. The van der Waals surface area contributed by atoms with Crippen LogP contribution >= 0.6 is 0 Å². The van der Waals surface area contributed by atoms with Crippen LogP contribution in [0.1, 0.15) is 23.0 Å². The highest BCUT2D eigenvalue weighted by molar-refractivity contribution is 6.50. The molecule has 0 saturated heterocycles. The van der Waals surface area contributed by atoms with Crippen LogP contribution in [-0.4, -0.2) is 19.8 Å². The highest BCUT2D eigenvalue weighted by atomic mass is 19.5. The first-order chi connectivity index (χ1) is 16.7. The predicted molar refractivity (Wildman–Crippen MR) is 130 cm³/mol. The number of ether oxygens (including phenoxy) is 1. The minimum Gasteiger partial charge on any atom is -0.458 e. The summed E-state index contributed by atoms with van der Waals surface area (Å²) in [6, 6.07) is 32.4. The number of rotatable bonds is 5. The molecule has 0 aliphatic heterocycles. The third-order valence-electron chi connectivity index (χ3n) is 5.02. The van der Waals surface area contributed by atoms with Crippen molar-refractivity contribution in [3.63, 3.8) is 0 Å². The molecule has 0 spiro atoms. The molecule has 0 bridgehead atoms. The van der Waals surface area contributed by atoms with E-state index >= 15 is 0 Å². The molecule has 0 aliphatic carbocycles. The van der Waals surface area contributed by atoms with Crippen molar-refractivity contribution in [1.82, 2.24) is 0 Å². The Morgan fingerprint density at radius 1 is 0.771 bits per heavy atom. The summed E-state index contributed by atoms with van der Waals surface area (Å²) in [6.07, 6.45) is 0. The molecular formula is C27H24BF4NO2. The van der Waals surface area contributed by atoms with E-state index in [1.54, 1.807) is 0 Å². The largest absolute Gasteiger partial charge is 0.673 e. The Morgan fingerprint density at radius 3 is 1.80 bits per heavy atom. The number of nitrogens with zero attached hydrogens (tertiary/aromatic N) is 1. The van der Waals surface area contributed by atoms with E-state index < -0.39 is 7.25 Å². The zero-order valence-electron chi connectivity index (χ0n) is 19.3. The summed E-state index contributed by atoms with van der Waals surface area (Å²) in [5.74, 6) is -0.340. The van der Waals surface area contributed by atoms with Gasteiger partial charge in [-0.25, -0.2) is 4.79 Å². The summed E-state index contributed by atoms with van der Waals surface area (Å²) >= 11 is 0. The summed E-state index contributed by atoms with van der Waals surface area (Å²) in [7, 11) is -6.00. The van der Waals surface area contributed by atoms with Gasteiger partial charge in [0.15, 0.2) is 0 Å². The van der Waals surface area contributed by atoms with Crippen LogP contribution in [0.15, 0.2) is 97.1 Å². The molecule has 0 saturated carbocycles. The Balaban J connectivity index is 0.000000623. The SMILES string of the molecule is CCOC(=O)c1cc(-c2ccccc2)cc(-c2ccccc2)[n+]1-c1ccc(C)cc1.F[B-](F)(F)F. The van der Waals surface area contributed by atoms with Crippen LogP contribution in [0.3, 0.4) is 0 Å². The molecule has 1 aromatic heterocycles. The standard InChI is InChI=1S/C27H24NO2.BF4/c1-3-30-27(29)26-19-23(21-10-6-4-7-11-21)18-25(22-12-8-5-9-13-22)28(26)24-16-14-20(2)15-17-24;2-1(3,4)5/h4-19H,3H2,1-2H3;/q+1;-1. The second-order valence-corrected chi connectivity index (χ2v) is 7.63. The third-order valence-corrected chi connectivity index (χ3v) is 5.02. The lowest BCUT2D eigenvalue weighted by molar-refractivity contribution is -0.587. The summed E-state index contributed by atoms with van der Waals surface area (Å²) in [6.45, 7) is 4.20. The number of carbonyl (C=O) groups excluding carboxylic acids is 1. The molecule has 0 fully saturated rings. The maximum absolute atomic E-state index is 13.0. The number of aromatic nitrogens is 1. The lowest BCUT2D eigenvalue weighted by atomic mass is 10.0. The van der Waals surface area contributed by atoms with Crippen LogP contribution in [0, 0.1) is 6.92 Å². The first kappa shape index (κ1) is 25.7. The van der Waals surface area contributed by atoms with Crippen molar-refractivity contribution in [2.75, 3.05) is 6.61 Å². The number of aryl methyl sites for hydroxylation is 1. The second kappa shape index (κ2) is 11.5. The molecule has 0 unspecified atom stereocenters. The third kappa shape index (κ3) is 7.27. The average molecular weight is 481 g/mol. The van der Waals surface area contributed by atoms with E-state index in [2.05, 4.69) is 49.4 Å². The predicted octanol–water partition coefficient (Wildman–Crippen LogP) is 7.08. The molecule has 4 rings (SSSR count). The first-order valence-corrected chi connectivity index (χ1v) is 11.0. The molecule has 180 valence electrons. The van der Waals surface area contributed by atoms with Crippen LogP contribution in [0.5, 0.6) is 0 Å². The Morgan fingerprint density at radius 2 is 1.29 bits per heavy atom. The lowest BCUT2D eigenvalue weighted by Gasteiger charge is -2.12. The molecule has 1 heterocycles. The molecule has 3 nitrogen and oxygen atoms in total. The summed E-state index contributed by atoms with van der Waals surface area (Å²) < 4.78 is 46.4. The molecule has 0 radical (unpaired) electrons. The topological polar surface area (TPSA) is 30.2 Å². The molecule has 35 heavy (non-hydrogen) atoms. The van der Waals surface area contributed by atoms with Gasteiger partial charge in [0.1, 0.15) is 0 Å². The average Bonchev–Trinajstić information content (AvgIpc) is 2.84. The van der Waals surface area contributed by atoms with Crippen LogP contribution in [0.2, 0.25) is 0 Å². The molecule has 0 N–H and O–H groups in total. The van der Waals surface area contributed by atoms with Gasteiger partial charge < -0.3 is 22.0 Å². The number of esters is 1. The molecular weight excluding hydrogens is 457 g/mol. The fourth-order valence-electron chi connectivity index (χ4n) is 3.54. The molecule has 8 heteroatoms. The quantitative estimate of drug-likeness (QED) is 0.132. The van der Waals surface area contributed by atoms with Gasteiger partial charge in [-0.3, -0.25) is 0 Å². The minimum absolute atomic E-state index is 0.322. The van der Waals surface area contributed by atoms with Crippen molar-refractivity contribution in [2.45, 2.75) is 13.8 Å². The number of benzene rings is 3. The zero-order valence-corrected chi connectivity index (χ0v) is 19.3. The molecule has 0 aliphatic rings. The molecule has 0 amide bonds. The van der Waals surface area contributed by atoms with Crippen molar-refractivity contribution in [1.29, 1.82) is 0 Å². The smallest absolute Gasteiger partial charge is 0.458 e. The van der Waals surface area contributed by atoms with Gasteiger partial charge >= 0.3 is 13.2 Å². The van der Waals surface area contributed by atoms with Gasteiger partial charge in [-0.1, -0.05) is 66.2 Å². The number of hydrogen-bond acceptors (Lipinski definition) is 2. The maximum Gasteiger partial charge on any atom is 0.673 e. The fourth-order valence-corrected chi connectivity index (χ4v) is 3.54. The number of carbonyl (C=O) groups is 1. The Kier molecular flexibility index (Phi) is 8.41. The van der Waals surface area contributed by atoms with Crippen molar-refractivity contribution in [3.8, 4) is 28.1 Å². The van der Waals surface area contributed by atoms with Gasteiger partial charge in [0, 0.05) is 29.8 Å². The van der Waals surface area contributed by atoms with Gasteiger partial charge in [0.2, 0.25) is 11.4 Å². The van der Waals surface area contributed by atoms with Gasteiger partial charge in [-0.05, 0) is 37.1 Å². The van der Waals surface area contributed by atoms with Gasteiger partial charge in [0.25, 0.3) is 5.69 Å². The van der Waals surface area contributed by atoms with Crippen molar-refractivity contribution in [3.05, 3.63) is 108 Å². The zero-order chi connectivity index (χ0) is 25.4. The first-order valence-electron chi connectivity index (χ1n) is 11.0. The Labute approximate surface area is 201 Å². The summed E-state index contributed by atoms with van der Waals surface area (Å²) in [5.41, 5.74) is 6.57. The van der Waals surface area contributed by atoms with Crippen LogP contribution in [0.25, 0.3) is 28.1 Å². The second-order valence-electron chi connectivity index (χ2n) is 7.63. The van der Waals surface area contributed by atoms with Crippen LogP contribution < -0.4 is 4.57 Å². The number of halogens is 4. The minimum atomic E-state index is -6.00. The summed E-state index contributed by atoms with van der Waals surface area (Å²) in [4.78, 5) is 13.0. The highest BCUT2D eigenvalue weighted by Gasteiger charge is 2.29. The van der Waals surface area contributed by atoms with E-state index in [9.17, 15) is 22.1 Å². The van der Waals surface area contributed by atoms with E-state index in [1.165, 1.54) is 5.56 Å². The van der Waals surface area contributed by atoms with Gasteiger partial charge in [0.05, 0.1) is 6.61 Å². The highest BCUT2D eigenvalue weighted by Crippen LogP contribution is 2.27. The number of hydrogen-bond donors (Lipinski definition) is 0. The monoisotopic (exact) mass is 481 g/mol. The van der Waals surface area contributed by atoms with E-state index in [4.69, 9.17) is 4.74 Å². The van der Waals surface area contributed by atoms with E-state index in [0.29, 0.717) is 12.3 Å². The van der Waals surface area contributed by atoms with Crippen molar-refractivity contribution in [2.24, 2.45) is 0 Å². The Hall–Kier alpha value is -3.94. The molecule has 0 atom stereocenters. The van der Waals surface area contributed by atoms with Gasteiger partial charge in [-0.15, -0.1) is 4.57 Å². The van der Waals surface area contributed by atoms with Crippen molar-refractivity contribution >= 4 is 13.2 Å². The fraction of sp³-hybridized carbons (Fsp3) is 0.111. The lowest BCUT2D eigenvalue weighted by Crippen LogP contribution is -2.41. The maximum atomic E-state index is 13.0. The van der Waals surface area contributed by atoms with E-state index in [0.717, 1.165) is 28.1 Å². The summed E-state index contributed by atoms with van der Waals surface area (Å²) in [5, 5.41) is 0. The molecule has 4 aromatic rings. The van der Waals surface area contributed by atoms with Gasteiger partial charge in [-0.2, -0.15) is 0 Å². The van der Waals surface area contributed by atoms with Crippen molar-refractivity contribution < 1.29 is 31.4 Å².